The van der Waals surface area contributed by atoms with Gasteiger partial charge < -0.3 is 40.9 Å². The quantitative estimate of drug-likeness (QED) is 0.190. The summed E-state index contributed by atoms with van der Waals surface area (Å²) in [4.78, 5) is 3.75. The van der Waals surface area contributed by atoms with Gasteiger partial charge in [-0.05, 0) is 0 Å². The molecule has 144 valence electrons. The summed E-state index contributed by atoms with van der Waals surface area (Å²) in [5.41, 5.74) is 0. The van der Waals surface area contributed by atoms with Crippen molar-refractivity contribution in [3.05, 3.63) is 0 Å². The van der Waals surface area contributed by atoms with Gasteiger partial charge in [0, 0.05) is 39.3 Å². The summed E-state index contributed by atoms with van der Waals surface area (Å²) < 4.78 is 0. The second kappa shape index (κ2) is 10.6. The summed E-state index contributed by atoms with van der Waals surface area (Å²) in [6.07, 6.45) is -8.02. The predicted molar refractivity (Wildman–Crippen MR) is 83.1 cm³/mol. The van der Waals surface area contributed by atoms with Gasteiger partial charge in [0.2, 0.25) is 0 Å². The van der Waals surface area contributed by atoms with Crippen LogP contribution >= 0.6 is 0 Å². The third-order valence-corrected chi connectivity index (χ3v) is 4.31. The van der Waals surface area contributed by atoms with E-state index < -0.39 is 49.8 Å². The lowest BCUT2D eigenvalue weighted by atomic mass is 10.1. The molecule has 6 atom stereocenters. The van der Waals surface area contributed by atoms with E-state index in [-0.39, 0.29) is 13.1 Å². The average Bonchev–Trinajstić information content (AvgIpc) is 2.60. The largest absolute Gasteiger partial charge is 0.394 e. The van der Waals surface area contributed by atoms with Crippen LogP contribution in [0.4, 0.5) is 0 Å². The van der Waals surface area contributed by atoms with Gasteiger partial charge in [-0.1, -0.05) is 0 Å². The number of piperazine rings is 1. The van der Waals surface area contributed by atoms with Crippen molar-refractivity contribution in [2.75, 3.05) is 52.5 Å². The molecule has 0 aromatic carbocycles. The second-order valence-corrected chi connectivity index (χ2v) is 6.22. The Hall–Kier alpha value is -0.400. The molecule has 0 saturated carbocycles. The number of rotatable bonds is 10. The molecule has 10 nitrogen and oxygen atoms in total. The smallest absolute Gasteiger partial charge is 0.109 e. The minimum Gasteiger partial charge on any atom is -0.394 e. The Kier molecular flexibility index (Phi) is 9.52. The number of aliphatic hydroxyl groups is 8. The first-order chi connectivity index (χ1) is 11.3. The van der Waals surface area contributed by atoms with Gasteiger partial charge in [0.15, 0.2) is 0 Å². The maximum Gasteiger partial charge on any atom is 0.109 e. The number of hydrogen-bond acceptors (Lipinski definition) is 10. The highest BCUT2D eigenvalue weighted by Crippen LogP contribution is 2.09. The molecule has 0 aliphatic carbocycles. The Balaban J connectivity index is 2.33. The molecule has 1 rings (SSSR count). The fourth-order valence-corrected chi connectivity index (χ4v) is 2.63. The van der Waals surface area contributed by atoms with Crippen LogP contribution in [-0.2, 0) is 0 Å². The van der Waals surface area contributed by atoms with E-state index in [0.29, 0.717) is 26.2 Å². The molecular weight excluding hydrogens is 324 g/mol. The predicted octanol–water partition coefficient (Wildman–Crippen LogP) is -5.25. The fourth-order valence-electron chi connectivity index (χ4n) is 2.63. The van der Waals surface area contributed by atoms with Crippen LogP contribution in [0.5, 0.6) is 0 Å². The lowest BCUT2D eigenvalue weighted by Crippen LogP contribution is -2.54. The summed E-state index contributed by atoms with van der Waals surface area (Å²) in [5, 5.41) is 75.1. The van der Waals surface area contributed by atoms with Crippen LogP contribution in [-0.4, -0.2) is 140 Å². The van der Waals surface area contributed by atoms with Crippen LogP contribution in [0.3, 0.4) is 0 Å². The van der Waals surface area contributed by atoms with Gasteiger partial charge in [0.05, 0.1) is 25.4 Å². The zero-order valence-corrected chi connectivity index (χ0v) is 13.6. The normalized spacial score (nSPS) is 25.0. The topological polar surface area (TPSA) is 168 Å². The van der Waals surface area contributed by atoms with Gasteiger partial charge >= 0.3 is 0 Å². The van der Waals surface area contributed by atoms with Gasteiger partial charge in [-0.3, -0.25) is 9.80 Å². The van der Waals surface area contributed by atoms with Gasteiger partial charge in [0.1, 0.15) is 24.4 Å². The van der Waals surface area contributed by atoms with E-state index in [1.165, 1.54) is 0 Å². The average molecular weight is 354 g/mol. The molecule has 0 spiro atoms. The summed E-state index contributed by atoms with van der Waals surface area (Å²) in [7, 11) is 0. The maximum atomic E-state index is 9.84. The van der Waals surface area contributed by atoms with E-state index in [0.717, 1.165) is 0 Å². The lowest BCUT2D eigenvalue weighted by Gasteiger charge is -2.38. The number of hydrogen-bond donors (Lipinski definition) is 8. The van der Waals surface area contributed by atoms with Crippen LogP contribution in [0.25, 0.3) is 0 Å². The molecule has 1 aliphatic heterocycles. The standard InChI is InChI=1S/C14H30N2O8/c17-7-11(21)13(23)9(19)5-15-1-2-16(4-3-15)6-10(20)14(24)12(22)8-18/h9-14,17-24H,1-8H2/t9-,10-,11+,12+,13+,14+/m0/s1. The van der Waals surface area contributed by atoms with Crippen molar-refractivity contribution in [3.63, 3.8) is 0 Å². The van der Waals surface area contributed by atoms with Crippen molar-refractivity contribution in [1.82, 2.24) is 9.80 Å². The molecule has 0 bridgehead atoms. The van der Waals surface area contributed by atoms with Gasteiger partial charge in [-0.25, -0.2) is 0 Å². The van der Waals surface area contributed by atoms with Crippen molar-refractivity contribution in [2.45, 2.75) is 36.6 Å². The highest BCUT2D eigenvalue weighted by atomic mass is 16.4. The molecule has 0 aromatic rings. The molecule has 10 heteroatoms. The zero-order chi connectivity index (χ0) is 18.3. The van der Waals surface area contributed by atoms with Crippen LogP contribution in [0.15, 0.2) is 0 Å². The van der Waals surface area contributed by atoms with Crippen molar-refractivity contribution < 1.29 is 40.9 Å². The lowest BCUT2D eigenvalue weighted by molar-refractivity contribution is -0.0933. The van der Waals surface area contributed by atoms with E-state index in [1.54, 1.807) is 0 Å². The second-order valence-electron chi connectivity index (χ2n) is 6.22. The van der Waals surface area contributed by atoms with Crippen LogP contribution in [0.2, 0.25) is 0 Å². The van der Waals surface area contributed by atoms with Crippen LogP contribution in [0, 0.1) is 0 Å². The Morgan fingerprint density at radius 3 is 1.08 bits per heavy atom. The molecule has 1 fully saturated rings. The van der Waals surface area contributed by atoms with Crippen molar-refractivity contribution in [3.8, 4) is 0 Å². The molecule has 0 amide bonds. The first kappa shape index (κ1) is 21.6. The minimum atomic E-state index is -1.43. The van der Waals surface area contributed by atoms with E-state index >= 15 is 0 Å². The summed E-state index contributed by atoms with van der Waals surface area (Å²) >= 11 is 0. The minimum absolute atomic E-state index is 0.139. The number of β-amino-alcohol motifs (C(OH)–C–C–N with tert-alkyl or cyclic N) is 2. The van der Waals surface area contributed by atoms with Gasteiger partial charge in [-0.2, -0.15) is 0 Å². The number of nitrogens with zero attached hydrogens (tertiary/aromatic N) is 2. The highest BCUT2D eigenvalue weighted by Gasteiger charge is 2.29. The Morgan fingerprint density at radius 1 is 0.542 bits per heavy atom. The molecule has 0 unspecified atom stereocenters. The maximum absolute atomic E-state index is 9.84. The molecule has 0 radical (unpaired) electrons. The monoisotopic (exact) mass is 354 g/mol. The molecule has 1 heterocycles. The molecule has 0 aromatic heterocycles. The van der Waals surface area contributed by atoms with Crippen molar-refractivity contribution in [2.24, 2.45) is 0 Å². The fraction of sp³-hybridized carbons (Fsp3) is 1.00. The molecule has 1 saturated heterocycles. The van der Waals surface area contributed by atoms with Crippen molar-refractivity contribution >= 4 is 0 Å². The van der Waals surface area contributed by atoms with E-state index in [9.17, 15) is 30.6 Å². The SMILES string of the molecule is OC[C@@H](O)[C@H](O)[C@@H](O)CN1CCN(C[C@H](O)[C@@H](O)[C@H](O)CO)CC1. The molecule has 8 N–H and O–H groups in total. The van der Waals surface area contributed by atoms with E-state index in [4.69, 9.17) is 10.2 Å². The van der Waals surface area contributed by atoms with Crippen LogP contribution < -0.4 is 0 Å². The van der Waals surface area contributed by atoms with Crippen molar-refractivity contribution in [1.29, 1.82) is 0 Å². The third kappa shape index (κ3) is 6.48. The Morgan fingerprint density at radius 2 is 0.833 bits per heavy atom. The first-order valence-corrected chi connectivity index (χ1v) is 8.05. The summed E-state index contributed by atoms with van der Waals surface area (Å²) in [6.45, 7) is 1.20. The molecular formula is C14H30N2O8. The van der Waals surface area contributed by atoms with Gasteiger partial charge in [0.25, 0.3) is 0 Å². The highest BCUT2D eigenvalue weighted by molar-refractivity contribution is 4.83. The van der Waals surface area contributed by atoms with Gasteiger partial charge in [-0.15, -0.1) is 0 Å². The number of aliphatic hydroxyl groups excluding tert-OH is 8. The van der Waals surface area contributed by atoms with Crippen LogP contribution in [0.1, 0.15) is 0 Å². The molecule has 1 aliphatic rings. The zero-order valence-electron chi connectivity index (χ0n) is 13.6. The Labute approximate surface area is 140 Å². The molecule has 24 heavy (non-hydrogen) atoms. The first-order valence-electron chi connectivity index (χ1n) is 8.05. The Bertz CT molecular complexity index is 311. The third-order valence-electron chi connectivity index (χ3n) is 4.31. The van der Waals surface area contributed by atoms with E-state index in [1.807, 2.05) is 9.80 Å². The van der Waals surface area contributed by atoms with E-state index in [2.05, 4.69) is 0 Å². The summed E-state index contributed by atoms with van der Waals surface area (Å²) in [5.74, 6) is 0. The summed E-state index contributed by atoms with van der Waals surface area (Å²) in [6, 6.07) is 0.